The number of hydrogen-bond acceptors (Lipinski definition) is 2. The Morgan fingerprint density at radius 2 is 1.86 bits per heavy atom. The van der Waals surface area contributed by atoms with Crippen molar-refractivity contribution in [1.29, 1.82) is 0 Å². The van der Waals surface area contributed by atoms with Crippen molar-refractivity contribution in [3.8, 4) is 5.75 Å². The van der Waals surface area contributed by atoms with E-state index < -0.39 is 0 Å². The van der Waals surface area contributed by atoms with Gasteiger partial charge in [0.25, 0.3) is 0 Å². The average molecular weight is 310 g/mol. The molecule has 1 fully saturated rings. The second-order valence-electron chi connectivity index (χ2n) is 7.24. The molecular weight excluding hydrogens is 282 g/mol. The van der Waals surface area contributed by atoms with Crippen LogP contribution in [0.15, 0.2) is 18.2 Å². The Morgan fingerprint density at radius 3 is 2.29 bits per heavy atom. The molecule has 1 aromatic rings. The van der Waals surface area contributed by atoms with Gasteiger partial charge in [-0.25, -0.2) is 0 Å². The molecule has 0 aliphatic heterocycles. The van der Waals surface area contributed by atoms with Gasteiger partial charge in [0.05, 0.1) is 7.11 Å². The highest BCUT2D eigenvalue weighted by molar-refractivity contribution is 6.31. The average Bonchev–Trinajstić information content (AvgIpc) is 2.82. The minimum absolute atomic E-state index is 0.299. The zero-order chi connectivity index (χ0) is 15.8. The van der Waals surface area contributed by atoms with Gasteiger partial charge >= 0.3 is 0 Å². The van der Waals surface area contributed by atoms with Gasteiger partial charge in [-0.05, 0) is 47.4 Å². The Labute approximate surface area is 134 Å². The number of methoxy groups -OCH3 is 1. The van der Waals surface area contributed by atoms with Crippen LogP contribution >= 0.6 is 11.6 Å². The van der Waals surface area contributed by atoms with Crippen molar-refractivity contribution >= 4 is 11.6 Å². The van der Waals surface area contributed by atoms with E-state index in [4.69, 9.17) is 16.3 Å². The standard InChI is InChI=1S/C18H28ClNO/c1-7-10-20-15(16-17(2,3)18(16,4)5)13-9-8-12(21-6)11-14(13)19/h8-9,11,15-16,20H,7,10H2,1-6H3. The number of nitrogens with one attached hydrogen (secondary N) is 1. The van der Waals surface area contributed by atoms with Crippen LogP contribution in [0.2, 0.25) is 5.02 Å². The number of halogens is 1. The number of ether oxygens (including phenoxy) is 1. The van der Waals surface area contributed by atoms with Crippen LogP contribution in [0.1, 0.15) is 52.6 Å². The summed E-state index contributed by atoms with van der Waals surface area (Å²) in [6, 6.07) is 6.33. The molecule has 1 aliphatic rings. The van der Waals surface area contributed by atoms with Crippen molar-refractivity contribution < 1.29 is 4.74 Å². The molecule has 2 rings (SSSR count). The van der Waals surface area contributed by atoms with E-state index in [2.05, 4.69) is 46.0 Å². The van der Waals surface area contributed by atoms with Crippen LogP contribution < -0.4 is 10.1 Å². The zero-order valence-electron chi connectivity index (χ0n) is 14.1. The number of hydrogen-bond donors (Lipinski definition) is 1. The fraction of sp³-hybridized carbons (Fsp3) is 0.667. The highest BCUT2D eigenvalue weighted by atomic mass is 35.5. The first-order valence-electron chi connectivity index (χ1n) is 7.84. The maximum absolute atomic E-state index is 6.52. The van der Waals surface area contributed by atoms with Gasteiger partial charge in [0.1, 0.15) is 5.75 Å². The smallest absolute Gasteiger partial charge is 0.120 e. The van der Waals surface area contributed by atoms with Crippen LogP contribution in [-0.4, -0.2) is 13.7 Å². The van der Waals surface area contributed by atoms with Crippen molar-refractivity contribution in [2.75, 3.05) is 13.7 Å². The molecule has 1 aliphatic carbocycles. The maximum atomic E-state index is 6.52. The summed E-state index contributed by atoms with van der Waals surface area (Å²) in [5, 5.41) is 4.50. The Kier molecular flexibility index (Phi) is 4.60. The van der Waals surface area contributed by atoms with Gasteiger partial charge in [-0.2, -0.15) is 0 Å². The normalized spacial score (nSPS) is 21.1. The van der Waals surface area contributed by atoms with Gasteiger partial charge in [-0.1, -0.05) is 52.3 Å². The van der Waals surface area contributed by atoms with Gasteiger partial charge in [-0.15, -0.1) is 0 Å². The van der Waals surface area contributed by atoms with Crippen LogP contribution in [0.4, 0.5) is 0 Å². The van der Waals surface area contributed by atoms with E-state index in [1.807, 2.05) is 12.1 Å². The monoisotopic (exact) mass is 309 g/mol. The quantitative estimate of drug-likeness (QED) is 0.792. The summed E-state index contributed by atoms with van der Waals surface area (Å²) in [5.41, 5.74) is 1.83. The van der Waals surface area contributed by atoms with Crippen molar-refractivity contribution in [2.45, 2.75) is 47.1 Å². The second-order valence-corrected chi connectivity index (χ2v) is 7.65. The molecule has 2 nitrogen and oxygen atoms in total. The van der Waals surface area contributed by atoms with Crippen molar-refractivity contribution in [1.82, 2.24) is 5.32 Å². The first-order valence-corrected chi connectivity index (χ1v) is 8.22. The third-order valence-electron chi connectivity index (χ3n) is 5.62. The predicted molar refractivity (Wildman–Crippen MR) is 90.1 cm³/mol. The minimum Gasteiger partial charge on any atom is -0.497 e. The molecule has 0 aromatic heterocycles. The molecule has 0 bridgehead atoms. The molecule has 1 unspecified atom stereocenters. The first-order chi connectivity index (χ1) is 9.77. The molecule has 0 amide bonds. The van der Waals surface area contributed by atoms with Gasteiger partial charge in [0.15, 0.2) is 0 Å². The summed E-state index contributed by atoms with van der Waals surface area (Å²) in [4.78, 5) is 0. The molecule has 1 aromatic carbocycles. The SMILES string of the molecule is CCCNC(c1ccc(OC)cc1Cl)C1C(C)(C)C1(C)C. The first kappa shape index (κ1) is 16.6. The summed E-state index contributed by atoms with van der Waals surface area (Å²) in [6.45, 7) is 12.6. The van der Waals surface area contributed by atoms with E-state index >= 15 is 0 Å². The molecular formula is C18H28ClNO. The van der Waals surface area contributed by atoms with E-state index in [9.17, 15) is 0 Å². The zero-order valence-corrected chi connectivity index (χ0v) is 14.8. The summed E-state index contributed by atoms with van der Waals surface area (Å²) in [6.07, 6.45) is 1.12. The largest absolute Gasteiger partial charge is 0.497 e. The lowest BCUT2D eigenvalue weighted by Gasteiger charge is -2.23. The van der Waals surface area contributed by atoms with Crippen LogP contribution in [0, 0.1) is 16.7 Å². The highest BCUT2D eigenvalue weighted by Gasteiger charge is 2.67. The molecule has 1 atom stereocenters. The lowest BCUT2D eigenvalue weighted by atomic mass is 9.96. The van der Waals surface area contributed by atoms with E-state index in [1.54, 1.807) is 7.11 Å². The Morgan fingerprint density at radius 1 is 1.24 bits per heavy atom. The van der Waals surface area contributed by atoms with Crippen molar-refractivity contribution in [3.05, 3.63) is 28.8 Å². The number of rotatable bonds is 6. The van der Waals surface area contributed by atoms with E-state index in [-0.39, 0.29) is 0 Å². The van der Waals surface area contributed by atoms with Crippen LogP contribution in [-0.2, 0) is 0 Å². The van der Waals surface area contributed by atoms with Crippen LogP contribution in [0.5, 0.6) is 5.75 Å². The molecule has 0 saturated heterocycles. The molecule has 0 radical (unpaired) electrons. The predicted octanol–water partition coefficient (Wildman–Crippen LogP) is 5.07. The van der Waals surface area contributed by atoms with E-state index in [1.165, 1.54) is 5.56 Å². The van der Waals surface area contributed by atoms with Gasteiger partial charge in [0.2, 0.25) is 0 Å². The van der Waals surface area contributed by atoms with E-state index in [0.717, 1.165) is 23.7 Å². The van der Waals surface area contributed by atoms with Gasteiger partial charge in [-0.3, -0.25) is 0 Å². The minimum atomic E-state index is 0.299. The molecule has 21 heavy (non-hydrogen) atoms. The molecule has 0 heterocycles. The second kappa shape index (κ2) is 5.81. The van der Waals surface area contributed by atoms with Crippen molar-refractivity contribution in [3.63, 3.8) is 0 Å². The highest BCUT2D eigenvalue weighted by Crippen LogP contribution is 2.72. The van der Waals surface area contributed by atoms with Gasteiger partial charge < -0.3 is 10.1 Å². The summed E-state index contributed by atoms with van der Waals surface area (Å²) >= 11 is 6.52. The summed E-state index contributed by atoms with van der Waals surface area (Å²) in [5.74, 6) is 1.40. The third kappa shape index (κ3) is 2.80. The topological polar surface area (TPSA) is 21.3 Å². The van der Waals surface area contributed by atoms with Crippen molar-refractivity contribution in [2.24, 2.45) is 16.7 Å². The Balaban J connectivity index is 2.34. The van der Waals surface area contributed by atoms with Crippen LogP contribution in [0.25, 0.3) is 0 Å². The molecule has 118 valence electrons. The molecule has 1 N–H and O–H groups in total. The Hall–Kier alpha value is -0.730. The third-order valence-corrected chi connectivity index (χ3v) is 5.95. The van der Waals surface area contributed by atoms with Crippen LogP contribution in [0.3, 0.4) is 0 Å². The summed E-state index contributed by atoms with van der Waals surface area (Å²) in [7, 11) is 1.67. The maximum Gasteiger partial charge on any atom is 0.120 e. The molecule has 1 saturated carbocycles. The lowest BCUT2D eigenvalue weighted by Crippen LogP contribution is -2.26. The Bertz CT molecular complexity index is 496. The molecule has 0 spiro atoms. The fourth-order valence-electron chi connectivity index (χ4n) is 3.68. The molecule has 3 heteroatoms. The van der Waals surface area contributed by atoms with Gasteiger partial charge in [0, 0.05) is 11.1 Å². The fourth-order valence-corrected chi connectivity index (χ4v) is 3.96. The number of benzene rings is 1. The lowest BCUT2D eigenvalue weighted by molar-refractivity contribution is 0.404. The van der Waals surface area contributed by atoms with E-state index in [0.29, 0.717) is 22.8 Å². The summed E-state index contributed by atoms with van der Waals surface area (Å²) < 4.78 is 5.26.